The van der Waals surface area contributed by atoms with Gasteiger partial charge in [-0.2, -0.15) is 0 Å². The highest BCUT2D eigenvalue weighted by Gasteiger charge is 2.16. The second-order valence-corrected chi connectivity index (χ2v) is 5.43. The molecule has 0 aliphatic carbocycles. The fraction of sp³-hybridized carbons (Fsp3) is 0.533. The number of nitrogens with zero attached hydrogens (tertiary/aromatic N) is 2. The lowest BCUT2D eigenvalue weighted by Crippen LogP contribution is -2.17. The van der Waals surface area contributed by atoms with E-state index in [2.05, 4.69) is 16.5 Å². The Labute approximate surface area is 124 Å². The van der Waals surface area contributed by atoms with Crippen LogP contribution in [0.25, 0.3) is 11.0 Å². The Hall–Kier alpha value is -1.10. The van der Waals surface area contributed by atoms with Gasteiger partial charge in [-0.1, -0.05) is 18.5 Å². The summed E-state index contributed by atoms with van der Waals surface area (Å²) in [4.78, 5) is 4.69. The maximum atomic E-state index is 6.30. The number of benzene rings is 1. The van der Waals surface area contributed by atoms with E-state index >= 15 is 0 Å². The molecule has 2 rings (SSSR count). The average Bonchev–Trinajstić information content (AvgIpc) is 2.78. The zero-order chi connectivity index (χ0) is 14.5. The first kappa shape index (κ1) is 15.3. The van der Waals surface area contributed by atoms with Crippen LogP contribution in [0.1, 0.15) is 38.1 Å². The molecular formula is C15H22ClN3O. The highest BCUT2D eigenvalue weighted by atomic mass is 35.5. The van der Waals surface area contributed by atoms with Gasteiger partial charge in [-0.3, -0.25) is 0 Å². The summed E-state index contributed by atoms with van der Waals surface area (Å²) in [6.07, 6.45) is 2.85. The summed E-state index contributed by atoms with van der Waals surface area (Å²) in [5.41, 5.74) is 8.32. The predicted octanol–water partition coefficient (Wildman–Crippen LogP) is 3.53. The third kappa shape index (κ3) is 3.32. The van der Waals surface area contributed by atoms with Crippen molar-refractivity contribution in [1.29, 1.82) is 0 Å². The molecule has 1 unspecified atom stereocenters. The molecule has 0 spiro atoms. The average molecular weight is 296 g/mol. The van der Waals surface area contributed by atoms with Gasteiger partial charge in [-0.15, -0.1) is 0 Å². The number of imidazole rings is 1. The summed E-state index contributed by atoms with van der Waals surface area (Å²) in [5.74, 6) is 0.945. The molecule has 1 aromatic heterocycles. The molecule has 20 heavy (non-hydrogen) atoms. The normalized spacial score (nSPS) is 13.0. The molecule has 0 aliphatic rings. The van der Waals surface area contributed by atoms with Crippen LogP contribution < -0.4 is 5.73 Å². The third-order valence-corrected chi connectivity index (χ3v) is 3.62. The van der Waals surface area contributed by atoms with E-state index in [-0.39, 0.29) is 6.04 Å². The van der Waals surface area contributed by atoms with Crippen LogP contribution in [0.5, 0.6) is 0 Å². The Bertz CT molecular complexity index is 567. The topological polar surface area (TPSA) is 53.1 Å². The Morgan fingerprint density at radius 1 is 1.45 bits per heavy atom. The Morgan fingerprint density at radius 3 is 2.95 bits per heavy atom. The number of methoxy groups -OCH3 is 1. The first-order chi connectivity index (χ1) is 9.67. The van der Waals surface area contributed by atoms with Crippen LogP contribution in [0.2, 0.25) is 5.02 Å². The van der Waals surface area contributed by atoms with Crippen LogP contribution in [-0.4, -0.2) is 23.3 Å². The maximum absolute atomic E-state index is 6.30. The van der Waals surface area contributed by atoms with Gasteiger partial charge in [0.2, 0.25) is 0 Å². The monoisotopic (exact) mass is 295 g/mol. The zero-order valence-electron chi connectivity index (χ0n) is 12.1. The van der Waals surface area contributed by atoms with Crippen molar-refractivity contribution in [2.75, 3.05) is 13.7 Å². The number of nitrogens with two attached hydrogens (primary N) is 1. The van der Waals surface area contributed by atoms with Crippen LogP contribution >= 0.6 is 11.6 Å². The summed E-state index contributed by atoms with van der Waals surface area (Å²) in [6.45, 7) is 3.79. The molecule has 0 radical (unpaired) electrons. The zero-order valence-corrected chi connectivity index (χ0v) is 12.9. The SMILES string of the molecule is CCCn1c(C(N)CCCOC)nc2ccc(Cl)cc21. The number of halogens is 1. The van der Waals surface area contributed by atoms with Crippen LogP contribution in [0.3, 0.4) is 0 Å². The molecule has 2 N–H and O–H groups in total. The Morgan fingerprint density at radius 2 is 2.25 bits per heavy atom. The summed E-state index contributed by atoms with van der Waals surface area (Å²) < 4.78 is 7.27. The van der Waals surface area contributed by atoms with Gasteiger partial charge in [-0.05, 0) is 37.5 Å². The van der Waals surface area contributed by atoms with E-state index in [0.29, 0.717) is 0 Å². The Balaban J connectivity index is 2.33. The molecule has 1 heterocycles. The molecule has 0 amide bonds. The van der Waals surface area contributed by atoms with E-state index in [0.717, 1.165) is 54.3 Å². The van der Waals surface area contributed by atoms with Gasteiger partial charge < -0.3 is 15.0 Å². The van der Waals surface area contributed by atoms with Gasteiger partial charge in [0.15, 0.2) is 0 Å². The fourth-order valence-electron chi connectivity index (χ4n) is 2.43. The van der Waals surface area contributed by atoms with Crippen molar-refractivity contribution in [2.45, 2.75) is 38.8 Å². The second kappa shape index (κ2) is 7.07. The maximum Gasteiger partial charge on any atom is 0.126 e. The summed E-state index contributed by atoms with van der Waals surface area (Å²) in [7, 11) is 1.71. The minimum Gasteiger partial charge on any atom is -0.385 e. The second-order valence-electron chi connectivity index (χ2n) is 5.00. The molecule has 0 aliphatic heterocycles. The molecule has 1 aromatic carbocycles. The van der Waals surface area contributed by atoms with Crippen LogP contribution in [0, 0.1) is 0 Å². The van der Waals surface area contributed by atoms with Gasteiger partial charge in [0, 0.05) is 25.3 Å². The standard InChI is InChI=1S/C15H22ClN3O/c1-3-8-19-14-10-11(16)6-7-13(14)18-15(19)12(17)5-4-9-20-2/h6-7,10,12H,3-5,8-9,17H2,1-2H3. The summed E-state index contributed by atoms with van der Waals surface area (Å²) in [5, 5.41) is 0.731. The molecule has 5 heteroatoms. The molecular weight excluding hydrogens is 274 g/mol. The first-order valence-corrected chi connectivity index (χ1v) is 7.45. The number of aryl methyl sites for hydroxylation is 1. The van der Waals surface area contributed by atoms with Crippen molar-refractivity contribution in [3.8, 4) is 0 Å². The number of aromatic nitrogens is 2. The minimum absolute atomic E-state index is 0.0668. The lowest BCUT2D eigenvalue weighted by Gasteiger charge is -2.14. The van der Waals surface area contributed by atoms with Crippen LogP contribution in [-0.2, 0) is 11.3 Å². The van der Waals surface area contributed by atoms with E-state index in [4.69, 9.17) is 22.1 Å². The van der Waals surface area contributed by atoms with Gasteiger partial charge in [-0.25, -0.2) is 4.98 Å². The Kier molecular flexibility index (Phi) is 5.40. The number of ether oxygens (including phenoxy) is 1. The van der Waals surface area contributed by atoms with Crippen molar-refractivity contribution in [2.24, 2.45) is 5.73 Å². The molecule has 0 saturated carbocycles. The molecule has 2 aromatic rings. The summed E-state index contributed by atoms with van der Waals surface area (Å²) >= 11 is 6.09. The molecule has 110 valence electrons. The van der Waals surface area contributed by atoms with Gasteiger partial charge in [0.25, 0.3) is 0 Å². The van der Waals surface area contributed by atoms with Crippen molar-refractivity contribution < 1.29 is 4.74 Å². The molecule has 4 nitrogen and oxygen atoms in total. The lowest BCUT2D eigenvalue weighted by molar-refractivity contribution is 0.190. The highest BCUT2D eigenvalue weighted by molar-refractivity contribution is 6.31. The quantitative estimate of drug-likeness (QED) is 0.795. The van der Waals surface area contributed by atoms with E-state index < -0.39 is 0 Å². The molecule has 0 saturated heterocycles. The van der Waals surface area contributed by atoms with Crippen molar-refractivity contribution in [3.63, 3.8) is 0 Å². The van der Waals surface area contributed by atoms with Crippen molar-refractivity contribution in [1.82, 2.24) is 9.55 Å². The number of hydrogen-bond acceptors (Lipinski definition) is 3. The van der Waals surface area contributed by atoms with Crippen molar-refractivity contribution >= 4 is 22.6 Å². The van der Waals surface area contributed by atoms with E-state index in [9.17, 15) is 0 Å². The molecule has 1 atom stereocenters. The lowest BCUT2D eigenvalue weighted by atomic mass is 10.1. The number of fused-ring (bicyclic) bond motifs is 1. The van der Waals surface area contributed by atoms with Crippen LogP contribution in [0.4, 0.5) is 0 Å². The fourth-order valence-corrected chi connectivity index (χ4v) is 2.60. The van der Waals surface area contributed by atoms with Gasteiger partial charge in [0.05, 0.1) is 17.1 Å². The molecule has 0 bridgehead atoms. The number of rotatable bonds is 7. The largest absolute Gasteiger partial charge is 0.385 e. The predicted molar refractivity (Wildman–Crippen MR) is 83.1 cm³/mol. The molecule has 0 fully saturated rings. The van der Waals surface area contributed by atoms with Gasteiger partial charge in [0.1, 0.15) is 5.82 Å². The van der Waals surface area contributed by atoms with E-state index in [1.54, 1.807) is 7.11 Å². The van der Waals surface area contributed by atoms with Gasteiger partial charge >= 0.3 is 0 Å². The van der Waals surface area contributed by atoms with Crippen molar-refractivity contribution in [3.05, 3.63) is 29.0 Å². The van der Waals surface area contributed by atoms with Crippen LogP contribution in [0.15, 0.2) is 18.2 Å². The first-order valence-electron chi connectivity index (χ1n) is 7.07. The third-order valence-electron chi connectivity index (χ3n) is 3.38. The highest BCUT2D eigenvalue weighted by Crippen LogP contribution is 2.25. The van der Waals surface area contributed by atoms with E-state index in [1.165, 1.54) is 0 Å². The van der Waals surface area contributed by atoms with E-state index in [1.807, 2.05) is 18.2 Å². The number of hydrogen-bond donors (Lipinski definition) is 1. The summed E-state index contributed by atoms with van der Waals surface area (Å²) in [6, 6.07) is 5.72. The minimum atomic E-state index is -0.0668. The smallest absolute Gasteiger partial charge is 0.126 e.